The van der Waals surface area contributed by atoms with E-state index in [0.717, 1.165) is 24.3 Å². The van der Waals surface area contributed by atoms with Crippen molar-refractivity contribution in [2.45, 2.75) is 37.4 Å². The molecule has 1 aliphatic rings. The second-order valence-corrected chi connectivity index (χ2v) is 7.59. The van der Waals surface area contributed by atoms with Crippen molar-refractivity contribution in [3.05, 3.63) is 77.6 Å². The molecule has 3 rings (SSSR count). The maximum atomic E-state index is 13.2. The summed E-state index contributed by atoms with van der Waals surface area (Å²) in [7, 11) is 0. The Morgan fingerprint density at radius 1 is 1.06 bits per heavy atom. The van der Waals surface area contributed by atoms with Gasteiger partial charge in [-0.1, -0.05) is 24.3 Å². The van der Waals surface area contributed by atoms with E-state index in [9.17, 15) is 32.3 Å². The smallest absolute Gasteiger partial charge is 0.394 e. The van der Waals surface area contributed by atoms with Crippen molar-refractivity contribution >= 4 is 17.6 Å². The third-order valence-electron chi connectivity index (χ3n) is 5.00. The fraction of sp³-hybridized carbons (Fsp3) is 0.304. The number of benzene rings is 2. The predicted molar refractivity (Wildman–Crippen MR) is 115 cm³/mol. The van der Waals surface area contributed by atoms with Crippen LogP contribution in [0.4, 0.5) is 28.0 Å². The number of aliphatic hydroxyl groups is 1. The molecular weight excluding hydrogens is 458 g/mol. The van der Waals surface area contributed by atoms with Crippen LogP contribution in [0.25, 0.3) is 0 Å². The summed E-state index contributed by atoms with van der Waals surface area (Å²) in [6.45, 7) is -0.304. The summed E-state index contributed by atoms with van der Waals surface area (Å²) >= 11 is 0. The van der Waals surface area contributed by atoms with Crippen molar-refractivity contribution in [2.75, 3.05) is 11.9 Å². The largest absolute Gasteiger partial charge is 0.416 e. The van der Waals surface area contributed by atoms with Crippen LogP contribution in [0.5, 0.6) is 0 Å². The monoisotopic (exact) mass is 481 g/mol. The first-order valence-electron chi connectivity index (χ1n) is 10.3. The summed E-state index contributed by atoms with van der Waals surface area (Å²) in [5, 5.41) is 17.3. The summed E-state index contributed by atoms with van der Waals surface area (Å²) in [6, 6.07) is 8.33. The van der Waals surface area contributed by atoms with Gasteiger partial charge in [0.15, 0.2) is 0 Å². The topological polar surface area (TPSA) is 99.7 Å². The molecule has 0 spiro atoms. The Bertz CT molecular complexity index is 1030. The number of rotatable bonds is 7. The molecule has 0 unspecified atom stereocenters. The molecular formula is C23H23F4N3O4. The van der Waals surface area contributed by atoms with Gasteiger partial charge < -0.3 is 25.8 Å². The Kier molecular flexibility index (Phi) is 8.24. The van der Waals surface area contributed by atoms with E-state index in [-0.39, 0.29) is 24.6 Å². The number of hydrogen-bond acceptors (Lipinski definition) is 4. The van der Waals surface area contributed by atoms with E-state index in [1.165, 1.54) is 18.2 Å². The van der Waals surface area contributed by atoms with Gasteiger partial charge >= 0.3 is 12.2 Å². The van der Waals surface area contributed by atoms with Crippen LogP contribution in [0.2, 0.25) is 0 Å². The second-order valence-electron chi connectivity index (χ2n) is 7.59. The number of alkyl halides is 3. The van der Waals surface area contributed by atoms with Crippen molar-refractivity contribution in [2.24, 2.45) is 0 Å². The quantitative estimate of drug-likeness (QED) is 0.360. The van der Waals surface area contributed by atoms with E-state index in [2.05, 4.69) is 16.0 Å². The average Bonchev–Trinajstić information content (AvgIpc) is 2.78. The lowest BCUT2D eigenvalue weighted by Gasteiger charge is -2.31. The number of nitrogens with one attached hydrogen (secondary N) is 3. The summed E-state index contributed by atoms with van der Waals surface area (Å²) in [5.74, 6) is -0.751. The molecule has 0 radical (unpaired) electrons. The highest BCUT2D eigenvalue weighted by Gasteiger charge is 2.31. The number of aliphatic hydroxyl groups excluding tert-OH is 1. The van der Waals surface area contributed by atoms with Gasteiger partial charge in [0.2, 0.25) is 5.91 Å². The highest BCUT2D eigenvalue weighted by Crippen LogP contribution is 2.29. The Morgan fingerprint density at radius 2 is 1.79 bits per heavy atom. The van der Waals surface area contributed by atoms with Crippen LogP contribution < -0.4 is 16.0 Å². The van der Waals surface area contributed by atoms with Crippen molar-refractivity contribution in [3.8, 4) is 0 Å². The van der Waals surface area contributed by atoms with Gasteiger partial charge in [-0.15, -0.1) is 0 Å². The average molecular weight is 481 g/mol. The zero-order valence-electron chi connectivity index (χ0n) is 17.8. The maximum absolute atomic E-state index is 13.2. The van der Waals surface area contributed by atoms with Crippen LogP contribution in [0.3, 0.4) is 0 Å². The Hall–Kier alpha value is -3.44. The molecule has 0 saturated carbocycles. The van der Waals surface area contributed by atoms with Gasteiger partial charge in [-0.05, 0) is 42.0 Å². The molecule has 2 aromatic carbocycles. The molecule has 0 bridgehead atoms. The van der Waals surface area contributed by atoms with E-state index in [1.54, 1.807) is 18.2 Å². The van der Waals surface area contributed by atoms with E-state index in [4.69, 9.17) is 4.74 Å². The number of urea groups is 1. The first kappa shape index (κ1) is 25.2. The Balaban J connectivity index is 1.49. The SMILES string of the molecule is O=C(C[C@@H]1C=C[C@H](NC(=O)Nc2ccc(C(F)(F)F)cc2)[C@@H](CO)O1)NCc1cccc(F)c1. The minimum Gasteiger partial charge on any atom is -0.394 e. The highest BCUT2D eigenvalue weighted by atomic mass is 19.4. The summed E-state index contributed by atoms with van der Waals surface area (Å²) in [5.41, 5.74) is -0.0851. The van der Waals surface area contributed by atoms with Crippen molar-refractivity contribution in [1.82, 2.24) is 10.6 Å². The van der Waals surface area contributed by atoms with E-state index in [1.807, 2.05) is 0 Å². The van der Waals surface area contributed by atoms with Crippen LogP contribution >= 0.6 is 0 Å². The summed E-state index contributed by atoms with van der Waals surface area (Å²) < 4.78 is 56.8. The van der Waals surface area contributed by atoms with Gasteiger partial charge in [0.05, 0.1) is 30.7 Å². The fourth-order valence-corrected chi connectivity index (χ4v) is 3.30. The number of ether oxygens (including phenoxy) is 1. The number of amides is 3. The fourth-order valence-electron chi connectivity index (χ4n) is 3.30. The molecule has 11 heteroatoms. The Morgan fingerprint density at radius 3 is 2.44 bits per heavy atom. The number of anilines is 1. The lowest BCUT2D eigenvalue weighted by atomic mass is 10.0. The summed E-state index contributed by atoms with van der Waals surface area (Å²) in [6.07, 6.45) is -2.89. The van der Waals surface area contributed by atoms with Crippen LogP contribution in [0, 0.1) is 5.82 Å². The van der Waals surface area contributed by atoms with Crippen molar-refractivity contribution < 1.29 is 37.0 Å². The van der Waals surface area contributed by atoms with Crippen LogP contribution in [-0.4, -0.2) is 41.9 Å². The molecule has 182 valence electrons. The molecule has 4 N–H and O–H groups in total. The van der Waals surface area contributed by atoms with Crippen molar-refractivity contribution in [3.63, 3.8) is 0 Å². The zero-order valence-corrected chi connectivity index (χ0v) is 17.8. The van der Waals surface area contributed by atoms with Crippen molar-refractivity contribution in [1.29, 1.82) is 0 Å². The van der Waals surface area contributed by atoms with Gasteiger partial charge in [0.1, 0.15) is 11.9 Å². The van der Waals surface area contributed by atoms with E-state index < -0.39 is 48.4 Å². The maximum Gasteiger partial charge on any atom is 0.416 e. The van der Waals surface area contributed by atoms with Crippen LogP contribution in [0.15, 0.2) is 60.7 Å². The van der Waals surface area contributed by atoms with Gasteiger partial charge in [0.25, 0.3) is 0 Å². The van der Waals surface area contributed by atoms with Crippen LogP contribution in [-0.2, 0) is 22.3 Å². The number of carbonyl (C=O) groups is 2. The van der Waals surface area contributed by atoms with Gasteiger partial charge in [-0.3, -0.25) is 4.79 Å². The summed E-state index contributed by atoms with van der Waals surface area (Å²) in [4.78, 5) is 24.4. The third kappa shape index (κ3) is 7.29. The van der Waals surface area contributed by atoms with Gasteiger partial charge in [0, 0.05) is 12.2 Å². The lowest BCUT2D eigenvalue weighted by molar-refractivity contribution is -0.137. The van der Waals surface area contributed by atoms with E-state index >= 15 is 0 Å². The second kappa shape index (κ2) is 11.1. The lowest BCUT2D eigenvalue weighted by Crippen LogP contribution is -2.50. The molecule has 0 aromatic heterocycles. The minimum absolute atomic E-state index is 0.0488. The Labute approximate surface area is 192 Å². The molecule has 2 aromatic rings. The highest BCUT2D eigenvalue weighted by molar-refractivity contribution is 5.89. The zero-order chi connectivity index (χ0) is 24.7. The molecule has 7 nitrogen and oxygen atoms in total. The standard InChI is InChI=1S/C23H23F4N3O4/c24-16-3-1-2-14(10-16)12-28-21(32)11-18-8-9-19(20(13-31)34-18)30-22(33)29-17-6-4-15(5-7-17)23(25,26)27/h1-10,18-20,31H,11-13H2,(H,28,32)(H2,29,30,33)/t18-,19-,20+/m0/s1. The number of halogens is 4. The number of carbonyl (C=O) groups excluding carboxylic acids is 2. The van der Waals surface area contributed by atoms with E-state index in [0.29, 0.717) is 5.56 Å². The number of hydrogen-bond donors (Lipinski definition) is 4. The van der Waals surface area contributed by atoms with Crippen LogP contribution in [0.1, 0.15) is 17.5 Å². The molecule has 1 heterocycles. The molecule has 3 atom stereocenters. The third-order valence-corrected chi connectivity index (χ3v) is 5.00. The first-order valence-corrected chi connectivity index (χ1v) is 10.3. The molecule has 0 saturated heterocycles. The molecule has 1 aliphatic heterocycles. The normalized spacial score (nSPS) is 20.0. The first-order chi connectivity index (χ1) is 16.1. The van der Waals surface area contributed by atoms with Gasteiger partial charge in [-0.25, -0.2) is 9.18 Å². The van der Waals surface area contributed by atoms with Gasteiger partial charge in [-0.2, -0.15) is 13.2 Å². The molecule has 0 fully saturated rings. The minimum atomic E-state index is -4.48. The molecule has 34 heavy (non-hydrogen) atoms. The predicted octanol–water partition coefficient (Wildman–Crippen LogP) is 3.36. The molecule has 0 aliphatic carbocycles. The molecule has 3 amide bonds.